The smallest absolute Gasteiger partial charge is 0.453 e. The molecular formula is C33H43F5O4S. The third-order valence-corrected chi connectivity index (χ3v) is 10.5. The Morgan fingerprint density at radius 3 is 2.00 bits per heavy atom. The number of unbranched alkanes of at least 4 members (excludes halogenated alkanes) is 6. The van der Waals surface area contributed by atoms with Gasteiger partial charge in [-0.15, -0.1) is 11.8 Å². The molecule has 3 N–H and O–H groups in total. The summed E-state index contributed by atoms with van der Waals surface area (Å²) in [5, 5.41) is 29.4. The Morgan fingerprint density at radius 1 is 0.837 bits per heavy atom. The molecule has 1 heterocycles. The zero-order valence-corrected chi connectivity index (χ0v) is 25.7. The summed E-state index contributed by atoms with van der Waals surface area (Å²) in [6.07, 6.45) is -0.254. The van der Waals surface area contributed by atoms with Gasteiger partial charge in [-0.25, -0.2) is 0 Å². The van der Waals surface area contributed by atoms with Crippen molar-refractivity contribution in [2.75, 3.05) is 5.75 Å². The van der Waals surface area contributed by atoms with E-state index in [4.69, 9.17) is 0 Å². The van der Waals surface area contributed by atoms with Crippen LogP contribution in [-0.4, -0.2) is 39.1 Å². The molecule has 0 aliphatic carbocycles. The van der Waals surface area contributed by atoms with Crippen LogP contribution in [0.1, 0.15) is 108 Å². The fourth-order valence-electron chi connectivity index (χ4n) is 6.14. The van der Waals surface area contributed by atoms with Crippen LogP contribution in [0.5, 0.6) is 11.5 Å². The molecule has 0 saturated heterocycles. The average Bonchev–Trinajstić information content (AvgIpc) is 2.92. The van der Waals surface area contributed by atoms with E-state index in [1.807, 2.05) is 24.3 Å². The largest absolute Gasteiger partial charge is 0.508 e. The number of rotatable bonds is 16. The maximum Gasteiger partial charge on any atom is 0.453 e. The predicted molar refractivity (Wildman–Crippen MR) is 159 cm³/mol. The van der Waals surface area contributed by atoms with Crippen LogP contribution in [0.25, 0.3) is 0 Å². The number of phenols is 2. The molecule has 43 heavy (non-hydrogen) atoms. The summed E-state index contributed by atoms with van der Waals surface area (Å²) in [7, 11) is 0. The maximum atomic E-state index is 13.2. The van der Waals surface area contributed by atoms with E-state index >= 15 is 0 Å². The molecule has 1 aliphatic heterocycles. The first-order valence-corrected chi connectivity index (χ1v) is 16.0. The van der Waals surface area contributed by atoms with Crippen molar-refractivity contribution in [2.45, 2.75) is 119 Å². The standard InChI is InChI=1S/C33H43F5O4S/c1-30(29(41)42,19-10-20-32(34,35)33(36,37)38)18-9-7-5-3-4-6-8-11-27-26-17-16-25(40)21-28(26)43-22-31(27,2)23-12-14-24(39)15-13-23/h12-17,21,27,39-40H,3-11,18-20,22H2,1-2H3,(H,41,42)/t27-,30?,31-/m1/s1. The van der Waals surface area contributed by atoms with Crippen molar-refractivity contribution in [1.82, 2.24) is 0 Å². The number of aliphatic carboxylic acids is 1. The lowest BCUT2D eigenvalue weighted by molar-refractivity contribution is -0.284. The summed E-state index contributed by atoms with van der Waals surface area (Å²) in [5.74, 6) is -4.38. The Labute approximate surface area is 255 Å². The Kier molecular flexibility index (Phi) is 11.8. The van der Waals surface area contributed by atoms with Gasteiger partial charge in [0, 0.05) is 22.5 Å². The summed E-state index contributed by atoms with van der Waals surface area (Å²) in [4.78, 5) is 12.9. The number of carbonyl (C=O) groups is 1. The SMILES string of the molecule is CC(CCCCCCCCC[C@@H]1c2ccc(O)cc2SC[C@]1(C)c1ccc(O)cc1)(CCCC(F)(F)C(F)(F)F)C(=O)O. The van der Waals surface area contributed by atoms with E-state index in [-0.39, 0.29) is 35.7 Å². The zero-order valence-electron chi connectivity index (χ0n) is 24.9. The molecule has 2 aromatic carbocycles. The molecule has 3 rings (SSSR count). The third-order valence-electron chi connectivity index (χ3n) is 9.07. The molecule has 0 bridgehead atoms. The van der Waals surface area contributed by atoms with Gasteiger partial charge in [0.2, 0.25) is 0 Å². The van der Waals surface area contributed by atoms with Crippen LogP contribution < -0.4 is 0 Å². The first-order valence-electron chi connectivity index (χ1n) is 15.0. The van der Waals surface area contributed by atoms with E-state index in [1.54, 1.807) is 30.0 Å². The Morgan fingerprint density at radius 2 is 1.40 bits per heavy atom. The van der Waals surface area contributed by atoms with Crippen molar-refractivity contribution in [1.29, 1.82) is 0 Å². The maximum absolute atomic E-state index is 13.2. The number of thioether (sulfide) groups is 1. The number of halogens is 5. The quantitative estimate of drug-likeness (QED) is 0.127. The first-order chi connectivity index (χ1) is 20.1. The first kappa shape index (κ1) is 35.0. The number of aromatic hydroxyl groups is 2. The molecule has 240 valence electrons. The molecule has 0 fully saturated rings. The zero-order chi connectivity index (χ0) is 31.9. The van der Waals surface area contributed by atoms with Crippen molar-refractivity contribution < 1.29 is 42.1 Å². The minimum atomic E-state index is -5.62. The lowest BCUT2D eigenvalue weighted by Crippen LogP contribution is -2.37. The van der Waals surface area contributed by atoms with Crippen molar-refractivity contribution in [3.63, 3.8) is 0 Å². The van der Waals surface area contributed by atoms with Gasteiger partial charge in [-0.05, 0) is 73.9 Å². The predicted octanol–water partition coefficient (Wildman–Crippen LogP) is 10.2. The summed E-state index contributed by atoms with van der Waals surface area (Å²) >= 11 is 1.74. The lowest BCUT2D eigenvalue weighted by Gasteiger charge is -2.43. The van der Waals surface area contributed by atoms with E-state index in [0.29, 0.717) is 6.42 Å². The summed E-state index contributed by atoms with van der Waals surface area (Å²) < 4.78 is 63.7. The monoisotopic (exact) mass is 630 g/mol. The van der Waals surface area contributed by atoms with Crippen molar-refractivity contribution in [3.05, 3.63) is 53.6 Å². The van der Waals surface area contributed by atoms with Crippen LogP contribution in [0.3, 0.4) is 0 Å². The highest BCUT2D eigenvalue weighted by Gasteiger charge is 2.56. The van der Waals surface area contributed by atoms with Crippen molar-refractivity contribution in [3.8, 4) is 11.5 Å². The summed E-state index contributed by atoms with van der Waals surface area (Å²) in [5.41, 5.74) is 0.941. The number of benzene rings is 2. The van der Waals surface area contributed by atoms with Crippen LogP contribution in [0.15, 0.2) is 47.4 Å². The number of fused-ring (bicyclic) bond motifs is 1. The molecule has 0 spiro atoms. The van der Waals surface area contributed by atoms with Gasteiger partial charge < -0.3 is 15.3 Å². The van der Waals surface area contributed by atoms with Crippen LogP contribution in [-0.2, 0) is 10.2 Å². The van der Waals surface area contributed by atoms with Crippen molar-refractivity contribution >= 4 is 17.7 Å². The van der Waals surface area contributed by atoms with Gasteiger partial charge in [0.05, 0.1) is 5.41 Å². The van der Waals surface area contributed by atoms with Gasteiger partial charge in [0.25, 0.3) is 0 Å². The van der Waals surface area contributed by atoms with Crippen LogP contribution in [0.4, 0.5) is 22.0 Å². The lowest BCUT2D eigenvalue weighted by atomic mass is 9.68. The molecular weight excluding hydrogens is 587 g/mol. The molecule has 2 aromatic rings. The van der Waals surface area contributed by atoms with Gasteiger partial charge in [-0.3, -0.25) is 4.79 Å². The van der Waals surface area contributed by atoms with E-state index in [2.05, 4.69) is 6.92 Å². The number of hydrogen-bond acceptors (Lipinski definition) is 4. The molecule has 10 heteroatoms. The minimum Gasteiger partial charge on any atom is -0.508 e. The van der Waals surface area contributed by atoms with Gasteiger partial charge in [-0.2, -0.15) is 22.0 Å². The molecule has 3 atom stereocenters. The van der Waals surface area contributed by atoms with E-state index in [1.165, 1.54) is 18.1 Å². The molecule has 0 amide bonds. The molecule has 0 aromatic heterocycles. The number of carboxylic acid groups (broad SMARTS) is 1. The summed E-state index contributed by atoms with van der Waals surface area (Å²) in [6.45, 7) is 3.69. The molecule has 0 saturated carbocycles. The fraction of sp³-hybridized carbons (Fsp3) is 0.606. The van der Waals surface area contributed by atoms with Crippen molar-refractivity contribution in [2.24, 2.45) is 5.41 Å². The van der Waals surface area contributed by atoms with Crippen LogP contribution >= 0.6 is 11.8 Å². The molecule has 4 nitrogen and oxygen atoms in total. The number of phenolic OH excluding ortho intramolecular Hbond substituents is 2. The second kappa shape index (κ2) is 14.5. The average molecular weight is 631 g/mol. The van der Waals surface area contributed by atoms with Crippen LogP contribution in [0, 0.1) is 5.41 Å². The van der Waals surface area contributed by atoms with E-state index in [0.717, 1.165) is 55.6 Å². The van der Waals surface area contributed by atoms with Gasteiger partial charge in [0.15, 0.2) is 0 Å². The van der Waals surface area contributed by atoms with Gasteiger partial charge >= 0.3 is 18.1 Å². The van der Waals surface area contributed by atoms with E-state index < -0.39 is 36.3 Å². The minimum absolute atomic E-state index is 0.137. The highest BCUT2D eigenvalue weighted by molar-refractivity contribution is 7.99. The molecule has 1 unspecified atom stereocenters. The normalized spacial score (nSPS) is 20.4. The summed E-state index contributed by atoms with van der Waals surface area (Å²) in [6, 6.07) is 13.0. The Bertz CT molecular complexity index is 1200. The molecule has 1 aliphatic rings. The van der Waals surface area contributed by atoms with Crippen LogP contribution in [0.2, 0.25) is 0 Å². The molecule has 0 radical (unpaired) electrons. The fourth-order valence-corrected chi connectivity index (χ4v) is 7.54. The second-order valence-corrected chi connectivity index (χ2v) is 13.5. The highest BCUT2D eigenvalue weighted by atomic mass is 32.2. The second-order valence-electron chi connectivity index (χ2n) is 12.5. The van der Waals surface area contributed by atoms with Gasteiger partial charge in [0.1, 0.15) is 11.5 Å². The van der Waals surface area contributed by atoms with E-state index in [9.17, 15) is 42.1 Å². The Balaban J connectivity index is 1.44. The number of alkyl halides is 5. The number of carboxylic acids is 1. The number of hydrogen-bond donors (Lipinski definition) is 3. The Hall–Kier alpha value is -2.49. The third kappa shape index (κ3) is 9.02. The topological polar surface area (TPSA) is 77.8 Å². The van der Waals surface area contributed by atoms with Gasteiger partial charge in [-0.1, -0.05) is 70.1 Å². The highest BCUT2D eigenvalue weighted by Crippen LogP contribution is 2.52.